The van der Waals surface area contributed by atoms with E-state index in [9.17, 15) is 9.59 Å². The highest BCUT2D eigenvalue weighted by molar-refractivity contribution is 6.35. The number of halogens is 2. The minimum atomic E-state index is -0.737. The van der Waals surface area contributed by atoms with Gasteiger partial charge in [-0.15, -0.1) is 0 Å². The van der Waals surface area contributed by atoms with Crippen LogP contribution in [0.4, 0.5) is 4.79 Å². The van der Waals surface area contributed by atoms with Crippen molar-refractivity contribution in [2.75, 3.05) is 0 Å². The van der Waals surface area contributed by atoms with Crippen molar-refractivity contribution in [2.45, 2.75) is 52.4 Å². The molecular weight excluding hydrogens is 461 g/mol. The first-order chi connectivity index (χ1) is 15.6. The van der Waals surface area contributed by atoms with Crippen LogP contribution >= 0.6 is 23.2 Å². The minimum absolute atomic E-state index is 0.0793. The SMILES string of the molecule is CC(C)CC1(C)NC(=N)N(Cc2ccc(CNC(=O)NCc3ccc(Cl)cc3Cl)cc2)C1=O. The van der Waals surface area contributed by atoms with Crippen LogP contribution in [0.1, 0.15) is 43.9 Å². The first-order valence-electron chi connectivity index (χ1n) is 10.8. The zero-order chi connectivity index (χ0) is 24.2. The van der Waals surface area contributed by atoms with Crippen molar-refractivity contribution in [1.82, 2.24) is 20.9 Å². The Morgan fingerprint density at radius 2 is 1.73 bits per heavy atom. The molecule has 0 aromatic heterocycles. The van der Waals surface area contributed by atoms with Crippen molar-refractivity contribution in [3.8, 4) is 0 Å². The maximum Gasteiger partial charge on any atom is 0.315 e. The predicted molar refractivity (Wildman–Crippen MR) is 131 cm³/mol. The van der Waals surface area contributed by atoms with Gasteiger partial charge < -0.3 is 16.0 Å². The summed E-state index contributed by atoms with van der Waals surface area (Å²) < 4.78 is 0. The highest BCUT2D eigenvalue weighted by Gasteiger charge is 2.45. The molecule has 1 aliphatic rings. The Hall–Kier alpha value is -2.77. The number of nitrogens with zero attached hydrogens (tertiary/aromatic N) is 1. The van der Waals surface area contributed by atoms with E-state index in [4.69, 9.17) is 28.6 Å². The quantitative estimate of drug-likeness (QED) is 0.433. The van der Waals surface area contributed by atoms with Gasteiger partial charge >= 0.3 is 6.03 Å². The number of nitrogens with one attached hydrogen (secondary N) is 4. The van der Waals surface area contributed by atoms with Crippen LogP contribution in [-0.2, 0) is 24.4 Å². The van der Waals surface area contributed by atoms with Crippen LogP contribution in [-0.4, -0.2) is 28.3 Å². The molecule has 1 saturated heterocycles. The largest absolute Gasteiger partial charge is 0.342 e. The Kier molecular flexibility index (Phi) is 7.87. The van der Waals surface area contributed by atoms with Gasteiger partial charge in [-0.1, -0.05) is 67.4 Å². The molecule has 3 amide bonds. The third-order valence-electron chi connectivity index (χ3n) is 5.47. The third-order valence-corrected chi connectivity index (χ3v) is 6.06. The molecule has 7 nitrogen and oxygen atoms in total. The Balaban J connectivity index is 1.49. The third kappa shape index (κ3) is 6.39. The average molecular weight is 490 g/mol. The summed E-state index contributed by atoms with van der Waals surface area (Å²) in [6.45, 7) is 6.95. The van der Waals surface area contributed by atoms with E-state index in [0.29, 0.717) is 42.0 Å². The van der Waals surface area contributed by atoms with E-state index in [0.717, 1.165) is 16.7 Å². The Labute approximate surface area is 204 Å². The summed E-state index contributed by atoms with van der Waals surface area (Å²) in [6, 6.07) is 12.4. The van der Waals surface area contributed by atoms with Gasteiger partial charge in [0, 0.05) is 23.1 Å². The molecule has 2 aromatic rings. The van der Waals surface area contributed by atoms with Crippen molar-refractivity contribution in [3.63, 3.8) is 0 Å². The second-order valence-electron chi connectivity index (χ2n) is 8.88. The molecule has 0 aliphatic carbocycles. The number of guanidine groups is 1. The first-order valence-corrected chi connectivity index (χ1v) is 11.5. The Bertz CT molecular complexity index is 1040. The molecule has 1 unspecified atom stereocenters. The lowest BCUT2D eigenvalue weighted by molar-refractivity contribution is -0.131. The molecule has 9 heteroatoms. The number of carbonyl (C=O) groups excluding carboxylic acids is 2. The Morgan fingerprint density at radius 3 is 2.36 bits per heavy atom. The molecule has 0 bridgehead atoms. The van der Waals surface area contributed by atoms with Crippen LogP contribution in [0.25, 0.3) is 0 Å². The van der Waals surface area contributed by atoms with E-state index in [1.165, 1.54) is 4.90 Å². The molecule has 0 saturated carbocycles. The van der Waals surface area contributed by atoms with Crippen molar-refractivity contribution in [3.05, 3.63) is 69.2 Å². The second-order valence-corrected chi connectivity index (χ2v) is 9.73. The van der Waals surface area contributed by atoms with Crippen molar-refractivity contribution in [1.29, 1.82) is 5.41 Å². The van der Waals surface area contributed by atoms with Crippen molar-refractivity contribution in [2.24, 2.45) is 5.92 Å². The molecule has 2 aromatic carbocycles. The lowest BCUT2D eigenvalue weighted by Crippen LogP contribution is -2.44. The van der Waals surface area contributed by atoms with Gasteiger partial charge in [0.2, 0.25) is 0 Å². The van der Waals surface area contributed by atoms with Crippen LogP contribution < -0.4 is 16.0 Å². The van der Waals surface area contributed by atoms with E-state index in [1.54, 1.807) is 18.2 Å². The van der Waals surface area contributed by atoms with Gasteiger partial charge in [-0.2, -0.15) is 0 Å². The lowest BCUT2D eigenvalue weighted by Gasteiger charge is -2.24. The first kappa shape index (κ1) is 24.9. The zero-order valence-electron chi connectivity index (χ0n) is 19.0. The molecule has 1 heterocycles. The summed E-state index contributed by atoms with van der Waals surface area (Å²) in [7, 11) is 0. The molecule has 3 rings (SSSR count). The molecular formula is C24H29Cl2N5O2. The van der Waals surface area contributed by atoms with Crippen LogP contribution in [0, 0.1) is 11.3 Å². The van der Waals surface area contributed by atoms with E-state index in [2.05, 4.69) is 29.8 Å². The van der Waals surface area contributed by atoms with E-state index >= 15 is 0 Å². The maximum atomic E-state index is 12.9. The van der Waals surface area contributed by atoms with Crippen LogP contribution in [0.3, 0.4) is 0 Å². The molecule has 33 heavy (non-hydrogen) atoms. The van der Waals surface area contributed by atoms with Gasteiger partial charge in [-0.3, -0.25) is 15.1 Å². The highest BCUT2D eigenvalue weighted by atomic mass is 35.5. The van der Waals surface area contributed by atoms with E-state index in [1.807, 2.05) is 31.2 Å². The number of hydrogen-bond donors (Lipinski definition) is 4. The summed E-state index contributed by atoms with van der Waals surface area (Å²) in [4.78, 5) is 26.5. The maximum absolute atomic E-state index is 12.9. The van der Waals surface area contributed by atoms with Gasteiger partial charge in [0.15, 0.2) is 5.96 Å². The highest BCUT2D eigenvalue weighted by Crippen LogP contribution is 2.26. The number of benzene rings is 2. The predicted octanol–water partition coefficient (Wildman–Crippen LogP) is 4.66. The van der Waals surface area contributed by atoms with Crippen LogP contribution in [0.5, 0.6) is 0 Å². The van der Waals surface area contributed by atoms with Gasteiger partial charge in [0.25, 0.3) is 5.91 Å². The Morgan fingerprint density at radius 1 is 1.09 bits per heavy atom. The number of amides is 3. The van der Waals surface area contributed by atoms with Gasteiger partial charge in [0.1, 0.15) is 5.54 Å². The van der Waals surface area contributed by atoms with Crippen molar-refractivity contribution < 1.29 is 9.59 Å². The molecule has 0 spiro atoms. The normalized spacial score (nSPS) is 17.9. The topological polar surface area (TPSA) is 97.3 Å². The lowest BCUT2D eigenvalue weighted by atomic mass is 9.91. The fourth-order valence-electron chi connectivity index (χ4n) is 3.92. The average Bonchev–Trinajstić information content (AvgIpc) is 2.94. The molecule has 0 radical (unpaired) electrons. The summed E-state index contributed by atoms with van der Waals surface area (Å²) >= 11 is 12.0. The van der Waals surface area contributed by atoms with Crippen molar-refractivity contribution >= 4 is 41.1 Å². The van der Waals surface area contributed by atoms with Gasteiger partial charge in [0.05, 0.1) is 6.54 Å². The second kappa shape index (κ2) is 10.4. The van der Waals surface area contributed by atoms with Crippen LogP contribution in [0.15, 0.2) is 42.5 Å². The number of carbonyl (C=O) groups is 2. The standard InChI is InChI=1S/C24H29Cl2N5O2/c1-15(2)11-24(3)21(32)31(22(27)30-24)14-17-6-4-16(5-7-17)12-28-23(33)29-13-18-8-9-19(25)10-20(18)26/h4-10,15H,11-14H2,1-3H3,(H2,27,30)(H2,28,29,33). The molecule has 1 fully saturated rings. The number of rotatable bonds is 8. The molecule has 4 N–H and O–H groups in total. The summed E-state index contributed by atoms with van der Waals surface area (Å²) in [6.07, 6.45) is 0.668. The summed E-state index contributed by atoms with van der Waals surface area (Å²) in [5, 5.41) is 17.9. The minimum Gasteiger partial charge on any atom is -0.342 e. The molecule has 176 valence electrons. The van der Waals surface area contributed by atoms with Gasteiger partial charge in [-0.25, -0.2) is 4.79 Å². The summed E-state index contributed by atoms with van der Waals surface area (Å²) in [5.41, 5.74) is 1.87. The zero-order valence-corrected chi connectivity index (χ0v) is 20.5. The van der Waals surface area contributed by atoms with E-state index in [-0.39, 0.29) is 17.9 Å². The smallest absolute Gasteiger partial charge is 0.315 e. The fourth-order valence-corrected chi connectivity index (χ4v) is 4.39. The molecule has 1 aliphatic heterocycles. The van der Waals surface area contributed by atoms with E-state index < -0.39 is 5.54 Å². The number of urea groups is 1. The fraction of sp³-hybridized carbons (Fsp3) is 0.375. The molecule has 1 atom stereocenters. The summed E-state index contributed by atoms with van der Waals surface area (Å²) in [5.74, 6) is 0.391. The van der Waals surface area contributed by atoms with Crippen LogP contribution in [0.2, 0.25) is 10.0 Å². The monoisotopic (exact) mass is 489 g/mol. The van der Waals surface area contributed by atoms with Gasteiger partial charge in [-0.05, 0) is 48.1 Å². The number of hydrogen-bond acceptors (Lipinski definition) is 3.